The minimum Gasteiger partial charge on any atom is -0.493 e. The fraction of sp³-hybridized carbons (Fsp3) is 0.595. The first kappa shape index (κ1) is 39.8. The fourth-order valence-electron chi connectivity index (χ4n) is 9.39. The number of rotatable bonds is 16. The van der Waals surface area contributed by atoms with Gasteiger partial charge < -0.3 is 30.3 Å². The van der Waals surface area contributed by atoms with Gasteiger partial charge in [-0.05, 0) is 99.0 Å². The van der Waals surface area contributed by atoms with Crippen LogP contribution < -0.4 is 15.4 Å². The third-order valence-corrected chi connectivity index (χ3v) is 13.2. The minimum absolute atomic E-state index is 0.0438. The zero-order valence-corrected chi connectivity index (χ0v) is 33.2. The van der Waals surface area contributed by atoms with Crippen molar-refractivity contribution in [3.05, 3.63) is 76.0 Å². The van der Waals surface area contributed by atoms with Crippen molar-refractivity contribution in [2.24, 2.45) is 29.1 Å². The monoisotopic (exact) mass is 748 g/mol. The summed E-state index contributed by atoms with van der Waals surface area (Å²) in [6, 6.07) is 17.3. The van der Waals surface area contributed by atoms with Gasteiger partial charge >= 0.3 is 0 Å². The van der Waals surface area contributed by atoms with Crippen LogP contribution in [0.5, 0.6) is 5.75 Å². The molecule has 11 heteroatoms. The predicted octanol–water partition coefficient (Wildman–Crippen LogP) is 5.23. The van der Waals surface area contributed by atoms with E-state index >= 15 is 0 Å². The molecule has 3 aromatic rings. The lowest BCUT2D eigenvalue weighted by Crippen LogP contribution is -2.62. The topological polar surface area (TPSA) is 127 Å². The van der Waals surface area contributed by atoms with Gasteiger partial charge in [-0.15, -0.1) is 11.3 Å². The lowest BCUT2D eigenvalue weighted by Gasteiger charge is -2.62. The molecule has 10 nitrogen and oxygen atoms in total. The Morgan fingerprint density at radius 2 is 1.91 bits per heavy atom. The Hall–Kier alpha value is -2.87. The minimum atomic E-state index is -0.882. The summed E-state index contributed by atoms with van der Waals surface area (Å²) in [5, 5.41) is 43.3. The van der Waals surface area contributed by atoms with Gasteiger partial charge in [-0.2, -0.15) is 5.06 Å². The van der Waals surface area contributed by atoms with Crippen molar-refractivity contribution >= 4 is 17.2 Å². The van der Waals surface area contributed by atoms with Gasteiger partial charge in [0.2, 0.25) is 5.91 Å². The van der Waals surface area contributed by atoms with Crippen molar-refractivity contribution in [3.63, 3.8) is 0 Å². The first-order valence-electron chi connectivity index (χ1n) is 19.3. The van der Waals surface area contributed by atoms with Crippen LogP contribution in [-0.4, -0.2) is 95.4 Å². The number of hydroxylamine groups is 2. The second kappa shape index (κ2) is 16.9. The van der Waals surface area contributed by atoms with Crippen molar-refractivity contribution in [2.45, 2.75) is 97.0 Å². The normalized spacial score (nSPS) is 28.3. The van der Waals surface area contributed by atoms with E-state index in [1.807, 2.05) is 63.5 Å². The van der Waals surface area contributed by atoms with Gasteiger partial charge in [0.15, 0.2) is 0 Å². The molecule has 5 N–H and O–H groups in total. The zero-order chi connectivity index (χ0) is 38.0. The molecule has 2 aromatic carbocycles. The molecule has 3 aliphatic carbocycles. The molecular weight excluding hydrogens is 689 g/mol. The van der Waals surface area contributed by atoms with Gasteiger partial charge in [0, 0.05) is 40.6 Å². The number of benzene rings is 2. The number of aliphatic hydroxyl groups is 3. The molecule has 290 valence electrons. The number of nitrogens with zero attached hydrogens (tertiary/aromatic N) is 2. The third-order valence-electron chi connectivity index (χ3n) is 12.3. The molecular formula is C42H60N4O6S. The first-order valence-corrected chi connectivity index (χ1v) is 20.2. The van der Waals surface area contributed by atoms with E-state index in [9.17, 15) is 20.1 Å². The summed E-state index contributed by atoms with van der Waals surface area (Å²) in [7, 11) is 4.07. The number of amides is 1. The number of fused-ring (bicyclic) bond motifs is 2. The molecule has 7 rings (SSSR count). The average molecular weight is 749 g/mol. The molecule has 1 unspecified atom stereocenters. The second-order valence-electron chi connectivity index (χ2n) is 16.4. The van der Waals surface area contributed by atoms with E-state index in [0.717, 1.165) is 41.6 Å². The molecule has 2 heterocycles. The summed E-state index contributed by atoms with van der Waals surface area (Å²) in [5.74, 6) is 1.35. The molecule has 0 spiro atoms. The fourth-order valence-corrected chi connectivity index (χ4v) is 10.2. The molecule has 1 aliphatic heterocycles. The van der Waals surface area contributed by atoms with Crippen LogP contribution in [0, 0.1) is 29.1 Å². The number of para-hydroxylation sites is 1. The maximum absolute atomic E-state index is 14.3. The number of likely N-dealkylation sites (N-methyl/N-ethyl adjacent to an activating group) is 1. The summed E-state index contributed by atoms with van der Waals surface area (Å²) < 4.78 is 6.33. The second-order valence-corrected chi connectivity index (χ2v) is 17.4. The summed E-state index contributed by atoms with van der Waals surface area (Å²) in [4.78, 5) is 23.9. The number of carbonyl (C=O) groups is 1. The summed E-state index contributed by atoms with van der Waals surface area (Å²) in [5.41, 5.74) is 3.58. The van der Waals surface area contributed by atoms with Crippen LogP contribution in [0.25, 0.3) is 11.1 Å². The Bertz CT molecular complexity index is 1670. The van der Waals surface area contributed by atoms with E-state index in [1.165, 1.54) is 11.3 Å². The molecule has 2 bridgehead atoms. The lowest BCUT2D eigenvalue weighted by molar-refractivity contribution is -0.183. The molecule has 1 aromatic heterocycles. The Balaban J connectivity index is 1.24. The molecule has 10 atom stereocenters. The quantitative estimate of drug-likeness (QED) is 0.125. The lowest BCUT2D eigenvalue weighted by atomic mass is 9.45. The third kappa shape index (κ3) is 8.53. The van der Waals surface area contributed by atoms with Gasteiger partial charge in [0.25, 0.3) is 0 Å². The van der Waals surface area contributed by atoms with Crippen molar-refractivity contribution in [3.8, 4) is 16.9 Å². The van der Waals surface area contributed by atoms with E-state index < -0.39 is 30.4 Å². The molecule has 4 aliphatic rings. The number of carbonyl (C=O) groups excluding carboxylic acids is 1. The summed E-state index contributed by atoms with van der Waals surface area (Å²) >= 11 is 1.72. The average Bonchev–Trinajstić information content (AvgIpc) is 3.77. The van der Waals surface area contributed by atoms with Gasteiger partial charge in [-0.1, -0.05) is 63.2 Å². The van der Waals surface area contributed by atoms with Gasteiger partial charge in [-0.25, -0.2) is 0 Å². The highest BCUT2D eigenvalue weighted by molar-refractivity contribution is 7.09. The molecule has 0 radical (unpaired) electrons. The Labute approximate surface area is 319 Å². The van der Waals surface area contributed by atoms with E-state index in [1.54, 1.807) is 23.3 Å². The SMILES string of the molecule is CCOc1c(CN2O[C@@H](CO)[C@@H]([C@H](C)O)[C@H]2C(=O)N[C@H]2C[C@@H]3C[C@H]([C@@H]2C)C3(C)C)cccc1-c1cccc(C(O)N[C@@H](Cc2cccs2)CN(C)C)c1. The molecule has 4 fully saturated rings. The predicted molar refractivity (Wildman–Crippen MR) is 209 cm³/mol. The highest BCUT2D eigenvalue weighted by Gasteiger charge is 2.57. The maximum Gasteiger partial charge on any atom is 0.240 e. The molecule has 1 amide bonds. The Morgan fingerprint density at radius 3 is 2.55 bits per heavy atom. The van der Waals surface area contributed by atoms with Crippen molar-refractivity contribution in [1.82, 2.24) is 20.6 Å². The van der Waals surface area contributed by atoms with Crippen LogP contribution in [-0.2, 0) is 22.6 Å². The Morgan fingerprint density at radius 1 is 1.13 bits per heavy atom. The molecule has 3 saturated carbocycles. The van der Waals surface area contributed by atoms with Crippen LogP contribution in [0.3, 0.4) is 0 Å². The maximum atomic E-state index is 14.3. The van der Waals surface area contributed by atoms with Crippen LogP contribution in [0.1, 0.15) is 69.7 Å². The van der Waals surface area contributed by atoms with Crippen LogP contribution >= 0.6 is 11.3 Å². The number of hydrogen-bond donors (Lipinski definition) is 5. The largest absolute Gasteiger partial charge is 0.493 e. The van der Waals surface area contributed by atoms with Crippen molar-refractivity contribution in [2.75, 3.05) is 33.9 Å². The van der Waals surface area contributed by atoms with Gasteiger partial charge in [-0.3, -0.25) is 14.9 Å². The highest BCUT2D eigenvalue weighted by atomic mass is 32.1. The standard InChI is InChI=1S/C42H60N4O6S/c1-8-51-39-29(14-10-16-33(39)27-12-9-13-28(18-27)40(49)43-31(23-45(6)7)21-32-15-11-17-53-32)22-46-38(37(26(3)48)36(24-47)52-46)41(50)44-35-20-30-19-34(25(35)2)42(30,4)5/h9-18,25-26,30-31,34-38,40,43,47-49H,8,19-24H2,1-7H3,(H,44,50)/t25-,26-,30-,31-,34+,35-,36-,37+,38-,40?/m0/s1. The van der Waals surface area contributed by atoms with E-state index in [0.29, 0.717) is 35.5 Å². The van der Waals surface area contributed by atoms with Gasteiger partial charge in [0.1, 0.15) is 24.1 Å². The number of ether oxygens (including phenoxy) is 1. The summed E-state index contributed by atoms with van der Waals surface area (Å²) in [6.45, 7) is 11.6. The summed E-state index contributed by atoms with van der Waals surface area (Å²) in [6.07, 6.45) is 0.468. The van der Waals surface area contributed by atoms with E-state index in [-0.39, 0.29) is 31.1 Å². The number of hydrogen-bond acceptors (Lipinski definition) is 10. The van der Waals surface area contributed by atoms with Crippen LogP contribution in [0.4, 0.5) is 0 Å². The smallest absolute Gasteiger partial charge is 0.240 e. The van der Waals surface area contributed by atoms with E-state index in [2.05, 4.69) is 53.8 Å². The van der Waals surface area contributed by atoms with Crippen LogP contribution in [0.15, 0.2) is 60.0 Å². The molecule has 53 heavy (non-hydrogen) atoms. The zero-order valence-electron chi connectivity index (χ0n) is 32.4. The first-order chi connectivity index (χ1) is 25.3. The van der Waals surface area contributed by atoms with Gasteiger partial charge in [0.05, 0.1) is 25.9 Å². The van der Waals surface area contributed by atoms with Crippen molar-refractivity contribution in [1.29, 1.82) is 0 Å². The molecule has 1 saturated heterocycles. The van der Waals surface area contributed by atoms with E-state index in [4.69, 9.17) is 9.57 Å². The number of thiophene rings is 1. The highest BCUT2D eigenvalue weighted by Crippen LogP contribution is 2.61. The Kier molecular flexibility index (Phi) is 12.7. The number of aliphatic hydroxyl groups excluding tert-OH is 3. The number of nitrogens with one attached hydrogen (secondary N) is 2. The van der Waals surface area contributed by atoms with Crippen LogP contribution in [0.2, 0.25) is 0 Å². The van der Waals surface area contributed by atoms with Crippen molar-refractivity contribution < 1.29 is 29.7 Å².